The third kappa shape index (κ3) is 2.09. The van der Waals surface area contributed by atoms with Crippen molar-refractivity contribution in [2.75, 3.05) is 0 Å². The Morgan fingerprint density at radius 2 is 2.25 bits per heavy atom. The number of hydrogen-bond acceptors (Lipinski definition) is 3. The Labute approximate surface area is 99.0 Å². The Bertz CT molecular complexity index is 480. The maximum Gasteiger partial charge on any atom is 0.0878 e. The van der Waals surface area contributed by atoms with Gasteiger partial charge in [-0.25, -0.2) is 5.43 Å². The standard InChI is InChI=1S/C11H13ClN4/c1-16-10(5-6-14-16)11(15-13)8-3-2-4-9(12)7-8/h2-7,11,15H,13H2,1H3. The molecule has 4 nitrogen and oxygen atoms in total. The van der Waals surface area contributed by atoms with Crippen molar-refractivity contribution < 1.29 is 0 Å². The van der Waals surface area contributed by atoms with Crippen LogP contribution in [0.25, 0.3) is 0 Å². The Kier molecular flexibility index (Phi) is 3.24. The van der Waals surface area contributed by atoms with Gasteiger partial charge in [-0.15, -0.1) is 0 Å². The molecule has 1 atom stereocenters. The molecule has 0 spiro atoms. The van der Waals surface area contributed by atoms with Gasteiger partial charge in [-0.05, 0) is 23.8 Å². The monoisotopic (exact) mass is 236 g/mol. The van der Waals surface area contributed by atoms with Gasteiger partial charge in [0.05, 0.1) is 11.7 Å². The molecule has 1 aromatic heterocycles. The molecule has 1 unspecified atom stereocenters. The van der Waals surface area contributed by atoms with Gasteiger partial charge in [-0.1, -0.05) is 23.7 Å². The summed E-state index contributed by atoms with van der Waals surface area (Å²) >= 11 is 5.96. The highest BCUT2D eigenvalue weighted by Crippen LogP contribution is 2.22. The molecule has 1 aromatic carbocycles. The molecule has 0 saturated heterocycles. The molecular weight excluding hydrogens is 224 g/mol. The first-order valence-corrected chi connectivity index (χ1v) is 5.29. The number of nitrogens with zero attached hydrogens (tertiary/aromatic N) is 2. The zero-order chi connectivity index (χ0) is 11.5. The smallest absolute Gasteiger partial charge is 0.0878 e. The molecule has 2 rings (SSSR count). The fourth-order valence-electron chi connectivity index (χ4n) is 1.71. The Hall–Kier alpha value is -1.36. The summed E-state index contributed by atoms with van der Waals surface area (Å²) < 4.78 is 1.78. The topological polar surface area (TPSA) is 55.9 Å². The number of benzene rings is 1. The van der Waals surface area contributed by atoms with Crippen molar-refractivity contribution >= 4 is 11.6 Å². The van der Waals surface area contributed by atoms with E-state index in [1.807, 2.05) is 37.4 Å². The third-order valence-corrected chi connectivity index (χ3v) is 2.74. The Balaban J connectivity index is 2.40. The van der Waals surface area contributed by atoms with E-state index in [4.69, 9.17) is 17.4 Å². The van der Waals surface area contributed by atoms with E-state index < -0.39 is 0 Å². The average molecular weight is 237 g/mol. The maximum atomic E-state index is 5.96. The lowest BCUT2D eigenvalue weighted by Gasteiger charge is -2.16. The lowest BCUT2D eigenvalue weighted by Crippen LogP contribution is -2.30. The van der Waals surface area contributed by atoms with Crippen molar-refractivity contribution in [1.29, 1.82) is 0 Å². The summed E-state index contributed by atoms with van der Waals surface area (Å²) in [6.45, 7) is 0. The quantitative estimate of drug-likeness (QED) is 0.629. The van der Waals surface area contributed by atoms with Crippen LogP contribution in [0, 0.1) is 0 Å². The minimum Gasteiger partial charge on any atom is -0.271 e. The fourth-order valence-corrected chi connectivity index (χ4v) is 1.90. The van der Waals surface area contributed by atoms with Gasteiger partial charge in [-0.2, -0.15) is 5.10 Å². The van der Waals surface area contributed by atoms with Gasteiger partial charge < -0.3 is 0 Å². The van der Waals surface area contributed by atoms with Crippen LogP contribution >= 0.6 is 11.6 Å². The fraction of sp³-hybridized carbons (Fsp3) is 0.182. The summed E-state index contributed by atoms with van der Waals surface area (Å²) in [5.41, 5.74) is 4.77. The summed E-state index contributed by atoms with van der Waals surface area (Å²) in [5.74, 6) is 5.58. The summed E-state index contributed by atoms with van der Waals surface area (Å²) in [6, 6.07) is 9.42. The highest BCUT2D eigenvalue weighted by Gasteiger charge is 2.15. The van der Waals surface area contributed by atoms with E-state index in [0.717, 1.165) is 11.3 Å². The average Bonchev–Trinajstić information content (AvgIpc) is 2.67. The molecule has 0 fully saturated rings. The molecular formula is C11H13ClN4. The van der Waals surface area contributed by atoms with E-state index in [1.165, 1.54) is 0 Å². The molecule has 2 aromatic rings. The van der Waals surface area contributed by atoms with Crippen LogP contribution in [0.15, 0.2) is 36.5 Å². The Morgan fingerprint density at radius 3 is 2.81 bits per heavy atom. The van der Waals surface area contributed by atoms with Crippen LogP contribution in [0.3, 0.4) is 0 Å². The number of nitrogens with two attached hydrogens (primary N) is 1. The second-order valence-electron chi connectivity index (χ2n) is 3.53. The van der Waals surface area contributed by atoms with Gasteiger partial charge in [0.15, 0.2) is 0 Å². The highest BCUT2D eigenvalue weighted by molar-refractivity contribution is 6.30. The molecule has 0 aliphatic rings. The van der Waals surface area contributed by atoms with Gasteiger partial charge in [0, 0.05) is 18.3 Å². The number of aromatic nitrogens is 2. The van der Waals surface area contributed by atoms with Gasteiger partial charge in [0.25, 0.3) is 0 Å². The zero-order valence-electron chi connectivity index (χ0n) is 8.89. The van der Waals surface area contributed by atoms with E-state index in [1.54, 1.807) is 10.9 Å². The van der Waals surface area contributed by atoms with Crippen LogP contribution in [0.2, 0.25) is 5.02 Å². The number of rotatable bonds is 3. The first-order valence-electron chi connectivity index (χ1n) is 4.92. The van der Waals surface area contributed by atoms with Crippen LogP contribution in [-0.4, -0.2) is 9.78 Å². The normalized spacial score (nSPS) is 12.7. The number of aryl methyl sites for hydroxylation is 1. The van der Waals surface area contributed by atoms with Crippen LogP contribution in [-0.2, 0) is 7.05 Å². The molecule has 0 aliphatic heterocycles. The molecule has 0 radical (unpaired) electrons. The molecule has 0 amide bonds. The van der Waals surface area contributed by atoms with Crippen LogP contribution in [0.5, 0.6) is 0 Å². The summed E-state index contributed by atoms with van der Waals surface area (Å²) in [6.07, 6.45) is 1.74. The van der Waals surface area contributed by atoms with E-state index >= 15 is 0 Å². The zero-order valence-corrected chi connectivity index (χ0v) is 9.65. The number of nitrogens with one attached hydrogen (secondary N) is 1. The minimum atomic E-state index is -0.105. The first kappa shape index (κ1) is 11.1. The molecule has 5 heteroatoms. The van der Waals surface area contributed by atoms with Gasteiger partial charge in [0.1, 0.15) is 0 Å². The predicted molar refractivity (Wildman–Crippen MR) is 63.8 cm³/mol. The van der Waals surface area contributed by atoms with E-state index in [2.05, 4.69) is 10.5 Å². The number of halogens is 1. The van der Waals surface area contributed by atoms with E-state index in [9.17, 15) is 0 Å². The van der Waals surface area contributed by atoms with Crippen LogP contribution in [0.1, 0.15) is 17.3 Å². The molecule has 84 valence electrons. The second kappa shape index (κ2) is 4.65. The largest absolute Gasteiger partial charge is 0.271 e. The van der Waals surface area contributed by atoms with Gasteiger partial charge in [-0.3, -0.25) is 10.5 Å². The van der Waals surface area contributed by atoms with Crippen LogP contribution in [0.4, 0.5) is 0 Å². The molecule has 3 N–H and O–H groups in total. The molecule has 0 saturated carbocycles. The van der Waals surface area contributed by atoms with Crippen molar-refractivity contribution in [2.45, 2.75) is 6.04 Å². The molecule has 0 bridgehead atoms. The van der Waals surface area contributed by atoms with Crippen molar-refractivity contribution in [3.8, 4) is 0 Å². The van der Waals surface area contributed by atoms with Crippen molar-refractivity contribution in [3.63, 3.8) is 0 Å². The number of hydrazine groups is 1. The van der Waals surface area contributed by atoms with Crippen molar-refractivity contribution in [3.05, 3.63) is 52.8 Å². The van der Waals surface area contributed by atoms with Crippen molar-refractivity contribution in [2.24, 2.45) is 12.9 Å². The van der Waals surface area contributed by atoms with Crippen LogP contribution < -0.4 is 11.3 Å². The Morgan fingerprint density at radius 1 is 1.44 bits per heavy atom. The first-order chi connectivity index (χ1) is 7.72. The van der Waals surface area contributed by atoms with Gasteiger partial charge >= 0.3 is 0 Å². The second-order valence-corrected chi connectivity index (χ2v) is 3.97. The number of hydrogen-bond donors (Lipinski definition) is 2. The van der Waals surface area contributed by atoms with Crippen molar-refractivity contribution in [1.82, 2.24) is 15.2 Å². The minimum absolute atomic E-state index is 0.105. The summed E-state index contributed by atoms with van der Waals surface area (Å²) in [5, 5.41) is 4.82. The summed E-state index contributed by atoms with van der Waals surface area (Å²) in [7, 11) is 1.88. The lowest BCUT2D eigenvalue weighted by atomic mass is 10.0. The highest BCUT2D eigenvalue weighted by atomic mass is 35.5. The molecule has 0 aliphatic carbocycles. The molecule has 16 heavy (non-hydrogen) atoms. The van der Waals surface area contributed by atoms with E-state index in [0.29, 0.717) is 5.02 Å². The lowest BCUT2D eigenvalue weighted by molar-refractivity contribution is 0.575. The maximum absolute atomic E-state index is 5.96. The van der Waals surface area contributed by atoms with Gasteiger partial charge in [0.2, 0.25) is 0 Å². The summed E-state index contributed by atoms with van der Waals surface area (Å²) in [4.78, 5) is 0. The predicted octanol–water partition coefficient (Wildman–Crippen LogP) is 1.63. The molecule has 1 heterocycles. The third-order valence-electron chi connectivity index (χ3n) is 2.50. The van der Waals surface area contributed by atoms with E-state index in [-0.39, 0.29) is 6.04 Å². The SMILES string of the molecule is Cn1nccc1C(NN)c1cccc(Cl)c1.